The highest BCUT2D eigenvalue weighted by Gasteiger charge is 2.19. The van der Waals surface area contributed by atoms with Crippen molar-refractivity contribution in [2.75, 3.05) is 0 Å². The van der Waals surface area contributed by atoms with Crippen LogP contribution in [0.3, 0.4) is 0 Å². The molecule has 2 aromatic heterocycles. The summed E-state index contributed by atoms with van der Waals surface area (Å²) in [6.07, 6.45) is 2.98. The van der Waals surface area contributed by atoms with E-state index in [2.05, 4.69) is 19.9 Å². The SMILES string of the molecule is O=c1[nH]c2cc(-c3ncc[nH]3)c([N+](=O)[O-])cc2[nH]c1=O. The van der Waals surface area contributed by atoms with Crippen LogP contribution < -0.4 is 11.1 Å². The van der Waals surface area contributed by atoms with Gasteiger partial charge in [-0.2, -0.15) is 0 Å². The molecular formula is C11H7N5O4. The van der Waals surface area contributed by atoms with Gasteiger partial charge in [-0.15, -0.1) is 0 Å². The summed E-state index contributed by atoms with van der Waals surface area (Å²) in [4.78, 5) is 44.4. The van der Waals surface area contributed by atoms with Crippen molar-refractivity contribution < 1.29 is 4.92 Å². The summed E-state index contributed by atoms with van der Waals surface area (Å²) in [6, 6.07) is 2.58. The van der Waals surface area contributed by atoms with Gasteiger partial charge in [-0.1, -0.05) is 0 Å². The number of nitrogens with one attached hydrogen (secondary N) is 3. The van der Waals surface area contributed by atoms with E-state index in [1.54, 1.807) is 0 Å². The standard InChI is InChI=1S/C11H7N5O4/c17-10-11(18)15-7-4-8(16(19)20)5(3-6(7)14-10)9-12-1-2-13-9/h1-4H,(H,12,13)(H,14,17)(H,15,18). The van der Waals surface area contributed by atoms with Crippen molar-refractivity contribution in [3.63, 3.8) is 0 Å². The van der Waals surface area contributed by atoms with Gasteiger partial charge in [-0.3, -0.25) is 19.7 Å². The third kappa shape index (κ3) is 1.77. The van der Waals surface area contributed by atoms with Gasteiger partial charge < -0.3 is 15.0 Å². The van der Waals surface area contributed by atoms with E-state index in [4.69, 9.17) is 0 Å². The molecule has 0 aliphatic rings. The van der Waals surface area contributed by atoms with Crippen LogP contribution in [0.2, 0.25) is 0 Å². The summed E-state index contributed by atoms with van der Waals surface area (Å²) in [6.45, 7) is 0. The number of H-pyrrole nitrogens is 3. The number of aromatic amines is 3. The first kappa shape index (κ1) is 11.8. The molecule has 0 fully saturated rings. The summed E-state index contributed by atoms with van der Waals surface area (Å²) in [5.74, 6) is 0.297. The van der Waals surface area contributed by atoms with Crippen molar-refractivity contribution in [1.82, 2.24) is 19.9 Å². The number of rotatable bonds is 2. The molecule has 3 aromatic rings. The molecule has 0 aliphatic carbocycles. The minimum absolute atomic E-state index is 0.177. The van der Waals surface area contributed by atoms with Crippen LogP contribution in [0.25, 0.3) is 22.4 Å². The topological polar surface area (TPSA) is 138 Å². The fraction of sp³-hybridized carbons (Fsp3) is 0. The molecule has 0 spiro atoms. The molecule has 9 nitrogen and oxygen atoms in total. The number of nitro groups is 1. The van der Waals surface area contributed by atoms with Crippen molar-refractivity contribution in [3.8, 4) is 11.4 Å². The quantitative estimate of drug-likeness (QED) is 0.355. The highest BCUT2D eigenvalue weighted by atomic mass is 16.6. The second-order valence-corrected chi connectivity index (χ2v) is 4.02. The predicted molar refractivity (Wildman–Crippen MR) is 69.4 cm³/mol. The van der Waals surface area contributed by atoms with E-state index in [0.29, 0.717) is 5.82 Å². The van der Waals surface area contributed by atoms with Crippen molar-refractivity contribution in [2.24, 2.45) is 0 Å². The molecule has 3 rings (SSSR count). The number of hydrogen-bond acceptors (Lipinski definition) is 5. The minimum atomic E-state index is -0.863. The maximum absolute atomic E-state index is 11.3. The first-order valence-electron chi connectivity index (χ1n) is 5.51. The second-order valence-electron chi connectivity index (χ2n) is 4.02. The molecule has 0 bridgehead atoms. The van der Waals surface area contributed by atoms with Crippen molar-refractivity contribution in [2.45, 2.75) is 0 Å². The summed E-state index contributed by atoms with van der Waals surface area (Å²) in [7, 11) is 0. The number of fused-ring (bicyclic) bond motifs is 1. The van der Waals surface area contributed by atoms with Crippen LogP contribution in [0.4, 0.5) is 5.69 Å². The molecule has 2 heterocycles. The number of aromatic nitrogens is 4. The Morgan fingerprint density at radius 1 is 1.10 bits per heavy atom. The van der Waals surface area contributed by atoms with E-state index >= 15 is 0 Å². The molecule has 0 amide bonds. The minimum Gasteiger partial charge on any atom is -0.344 e. The lowest BCUT2D eigenvalue weighted by Gasteiger charge is -2.03. The van der Waals surface area contributed by atoms with E-state index in [1.807, 2.05) is 0 Å². The van der Waals surface area contributed by atoms with Crippen LogP contribution in [0.5, 0.6) is 0 Å². The Labute approximate surface area is 109 Å². The lowest BCUT2D eigenvalue weighted by Crippen LogP contribution is -2.28. The van der Waals surface area contributed by atoms with Gasteiger partial charge >= 0.3 is 11.1 Å². The zero-order chi connectivity index (χ0) is 14.3. The Kier molecular flexibility index (Phi) is 2.46. The lowest BCUT2D eigenvalue weighted by atomic mass is 10.1. The molecule has 3 N–H and O–H groups in total. The number of nitrogens with zero attached hydrogens (tertiary/aromatic N) is 2. The number of imidazole rings is 1. The van der Waals surface area contributed by atoms with E-state index in [0.717, 1.165) is 0 Å². The predicted octanol–water partition coefficient (Wildman–Crippen LogP) is 0.515. The third-order valence-corrected chi connectivity index (χ3v) is 2.79. The highest BCUT2D eigenvalue weighted by molar-refractivity contribution is 5.85. The average Bonchev–Trinajstić information content (AvgIpc) is 2.92. The maximum Gasteiger partial charge on any atom is 0.314 e. The molecule has 0 saturated heterocycles. The Morgan fingerprint density at radius 3 is 2.30 bits per heavy atom. The zero-order valence-electron chi connectivity index (χ0n) is 9.84. The molecule has 0 atom stereocenters. The normalized spacial score (nSPS) is 10.8. The summed E-state index contributed by atoms with van der Waals surface area (Å²) in [5.41, 5.74) is -1.23. The first-order valence-corrected chi connectivity index (χ1v) is 5.51. The van der Waals surface area contributed by atoms with Gasteiger partial charge in [0.1, 0.15) is 5.82 Å². The molecule has 0 saturated carbocycles. The van der Waals surface area contributed by atoms with Crippen LogP contribution in [0.15, 0.2) is 34.1 Å². The Hall–Kier alpha value is -3.23. The summed E-state index contributed by atoms with van der Waals surface area (Å²) < 4.78 is 0. The van der Waals surface area contributed by atoms with Crippen LogP contribution in [-0.2, 0) is 0 Å². The maximum atomic E-state index is 11.3. The molecule has 0 radical (unpaired) electrons. The van der Waals surface area contributed by atoms with Crippen LogP contribution in [-0.4, -0.2) is 24.9 Å². The molecule has 1 aromatic carbocycles. The average molecular weight is 273 g/mol. The second kappa shape index (κ2) is 4.16. The van der Waals surface area contributed by atoms with Crippen LogP contribution in [0, 0.1) is 10.1 Å². The largest absolute Gasteiger partial charge is 0.344 e. The molecular weight excluding hydrogens is 266 g/mol. The fourth-order valence-corrected chi connectivity index (χ4v) is 1.91. The van der Waals surface area contributed by atoms with Gasteiger partial charge in [0.15, 0.2) is 0 Å². The third-order valence-electron chi connectivity index (χ3n) is 2.79. The molecule has 9 heteroatoms. The molecule has 0 unspecified atom stereocenters. The van der Waals surface area contributed by atoms with Crippen molar-refractivity contribution in [1.29, 1.82) is 0 Å². The monoisotopic (exact) mass is 273 g/mol. The van der Waals surface area contributed by atoms with Gasteiger partial charge in [0.25, 0.3) is 5.69 Å². The van der Waals surface area contributed by atoms with E-state index in [-0.39, 0.29) is 22.3 Å². The highest BCUT2D eigenvalue weighted by Crippen LogP contribution is 2.30. The smallest absolute Gasteiger partial charge is 0.314 e. The fourth-order valence-electron chi connectivity index (χ4n) is 1.91. The van der Waals surface area contributed by atoms with Gasteiger partial charge in [-0.25, -0.2) is 4.98 Å². The van der Waals surface area contributed by atoms with Gasteiger partial charge in [0.2, 0.25) is 0 Å². The van der Waals surface area contributed by atoms with Crippen molar-refractivity contribution >= 4 is 16.7 Å². The van der Waals surface area contributed by atoms with Gasteiger partial charge in [-0.05, 0) is 6.07 Å². The van der Waals surface area contributed by atoms with E-state index in [1.165, 1.54) is 24.5 Å². The number of nitro benzene ring substituents is 1. The molecule has 20 heavy (non-hydrogen) atoms. The van der Waals surface area contributed by atoms with Crippen LogP contribution in [0.1, 0.15) is 0 Å². The van der Waals surface area contributed by atoms with E-state index < -0.39 is 16.0 Å². The van der Waals surface area contributed by atoms with Gasteiger partial charge in [0.05, 0.1) is 21.5 Å². The Morgan fingerprint density at radius 2 is 1.75 bits per heavy atom. The molecule has 0 aliphatic heterocycles. The van der Waals surface area contributed by atoms with Gasteiger partial charge in [0, 0.05) is 18.5 Å². The summed E-state index contributed by atoms with van der Waals surface area (Å²) >= 11 is 0. The number of benzene rings is 1. The van der Waals surface area contributed by atoms with E-state index in [9.17, 15) is 19.7 Å². The first-order chi connectivity index (χ1) is 9.56. The number of hydrogen-bond donors (Lipinski definition) is 3. The molecule has 100 valence electrons. The Balaban J connectivity index is 2.41. The summed E-state index contributed by atoms with van der Waals surface area (Å²) in [5, 5.41) is 11.1. The van der Waals surface area contributed by atoms with Crippen molar-refractivity contribution in [3.05, 3.63) is 55.3 Å². The zero-order valence-corrected chi connectivity index (χ0v) is 9.84. The van der Waals surface area contributed by atoms with Crippen LogP contribution >= 0.6 is 0 Å². The Bertz CT molecular complexity index is 922. The lowest BCUT2D eigenvalue weighted by molar-refractivity contribution is -0.384.